The van der Waals surface area contributed by atoms with Gasteiger partial charge in [0.05, 0.1) is 25.4 Å². The molecule has 0 aromatic heterocycles. The van der Waals surface area contributed by atoms with Crippen molar-refractivity contribution in [2.75, 3.05) is 20.3 Å². The second-order valence-corrected chi connectivity index (χ2v) is 9.89. The summed E-state index contributed by atoms with van der Waals surface area (Å²) in [5.74, 6) is -0.0153. The summed E-state index contributed by atoms with van der Waals surface area (Å²) in [4.78, 5) is 0. The average Bonchev–Trinajstić information content (AvgIpc) is 2.84. The molecule has 0 bridgehead atoms. The number of rotatable bonds is 8. The summed E-state index contributed by atoms with van der Waals surface area (Å²) >= 11 is 0. The Balaban J connectivity index is 1.68. The summed E-state index contributed by atoms with van der Waals surface area (Å²) in [6.07, 6.45) is -19.3. The molecule has 15 atom stereocenters. The normalized spacial score (nSPS) is 50.4. The standard InChI is InChI=1S/C22H40O14/c1-7(2)18-17(30)20(31-4)19(8(3)33-18)36-22-16(29)14(27)12(25)10(35-22)6-32-21-15(28)13(26)11(24)9(5-23)34-21/h7-30H,5-6H2,1-4H3/t8-,9+,10+,11+,12+,13-,14-,15+,16+,17-,18+,19+,20+,21?,22?/m0/s1. The lowest BCUT2D eigenvalue weighted by atomic mass is 9.89. The van der Waals surface area contributed by atoms with Gasteiger partial charge < -0.3 is 69.3 Å². The molecule has 14 nitrogen and oxygen atoms in total. The Kier molecular flexibility index (Phi) is 10.4. The van der Waals surface area contributed by atoms with Gasteiger partial charge in [0.2, 0.25) is 0 Å². The molecule has 0 aromatic rings. The van der Waals surface area contributed by atoms with Gasteiger partial charge in [-0.25, -0.2) is 0 Å². The lowest BCUT2D eigenvalue weighted by Crippen LogP contribution is -2.64. The molecule has 0 aromatic carbocycles. The predicted octanol–water partition coefficient (Wildman–Crippen LogP) is -4.19. The highest BCUT2D eigenvalue weighted by atomic mass is 16.7. The fourth-order valence-corrected chi connectivity index (χ4v) is 4.78. The second-order valence-electron chi connectivity index (χ2n) is 9.89. The Morgan fingerprint density at radius 2 is 1.25 bits per heavy atom. The van der Waals surface area contributed by atoms with E-state index in [9.17, 15) is 40.9 Å². The maximum absolute atomic E-state index is 10.7. The topological polar surface area (TPSA) is 217 Å². The van der Waals surface area contributed by atoms with Crippen LogP contribution in [0.2, 0.25) is 0 Å². The van der Waals surface area contributed by atoms with Crippen LogP contribution in [-0.2, 0) is 28.4 Å². The maximum atomic E-state index is 10.7. The van der Waals surface area contributed by atoms with Crippen LogP contribution in [0.1, 0.15) is 20.8 Å². The van der Waals surface area contributed by atoms with Crippen LogP contribution < -0.4 is 0 Å². The Morgan fingerprint density at radius 3 is 1.81 bits per heavy atom. The molecule has 3 rings (SSSR count). The van der Waals surface area contributed by atoms with E-state index in [4.69, 9.17) is 28.4 Å². The van der Waals surface area contributed by atoms with E-state index in [0.29, 0.717) is 0 Å². The zero-order valence-electron chi connectivity index (χ0n) is 20.7. The quantitative estimate of drug-likeness (QED) is 0.150. The molecule has 0 spiro atoms. The van der Waals surface area contributed by atoms with E-state index in [1.165, 1.54) is 7.11 Å². The molecule has 8 N–H and O–H groups in total. The molecule has 2 unspecified atom stereocenters. The van der Waals surface area contributed by atoms with Crippen molar-refractivity contribution in [2.45, 2.75) is 113 Å². The Morgan fingerprint density at radius 1 is 0.694 bits per heavy atom. The SMILES string of the molecule is CO[C@@H]1[C@@H](O)[C@@H](C(C)C)O[C@@H](C)[C@H]1OC1O[C@H](COC2O[C@H](CO)[C@@H](O)[C@H](O)[C@H]2O)[C@@H](O)[C@H](O)[C@H]1O. The van der Waals surface area contributed by atoms with Gasteiger partial charge in [0, 0.05) is 7.11 Å². The van der Waals surface area contributed by atoms with Crippen LogP contribution in [0.25, 0.3) is 0 Å². The molecule has 0 amide bonds. The lowest BCUT2D eigenvalue weighted by molar-refractivity contribution is -0.353. The molecule has 3 fully saturated rings. The molecule has 3 aliphatic rings. The van der Waals surface area contributed by atoms with E-state index in [1.54, 1.807) is 6.92 Å². The van der Waals surface area contributed by atoms with E-state index in [1.807, 2.05) is 13.8 Å². The highest BCUT2D eigenvalue weighted by molar-refractivity contribution is 4.96. The highest BCUT2D eigenvalue weighted by Crippen LogP contribution is 2.32. The third-order valence-corrected chi connectivity index (χ3v) is 6.99. The maximum Gasteiger partial charge on any atom is 0.187 e. The summed E-state index contributed by atoms with van der Waals surface area (Å²) in [6.45, 7) is 4.34. The van der Waals surface area contributed by atoms with Crippen molar-refractivity contribution < 1.29 is 69.3 Å². The molecule has 0 aliphatic carbocycles. The summed E-state index contributed by atoms with van der Waals surface area (Å²) < 4.78 is 33.6. The Bertz CT molecular complexity index is 681. The summed E-state index contributed by atoms with van der Waals surface area (Å²) in [5, 5.41) is 81.3. The van der Waals surface area contributed by atoms with E-state index in [2.05, 4.69) is 0 Å². The van der Waals surface area contributed by atoms with Crippen LogP contribution in [-0.4, -0.2) is 153 Å². The van der Waals surface area contributed by atoms with E-state index in [0.717, 1.165) is 0 Å². The van der Waals surface area contributed by atoms with Crippen LogP contribution in [0.3, 0.4) is 0 Å². The zero-order valence-corrected chi connectivity index (χ0v) is 20.7. The van der Waals surface area contributed by atoms with Crippen molar-refractivity contribution in [1.29, 1.82) is 0 Å². The monoisotopic (exact) mass is 528 g/mol. The molecular weight excluding hydrogens is 488 g/mol. The Hall–Kier alpha value is -0.560. The largest absolute Gasteiger partial charge is 0.394 e. The van der Waals surface area contributed by atoms with Gasteiger partial charge >= 0.3 is 0 Å². The molecule has 3 heterocycles. The highest BCUT2D eigenvalue weighted by Gasteiger charge is 2.51. The first-order chi connectivity index (χ1) is 16.9. The number of methoxy groups -OCH3 is 1. The summed E-state index contributed by atoms with van der Waals surface area (Å²) in [6, 6.07) is 0. The van der Waals surface area contributed by atoms with Gasteiger partial charge in [0.25, 0.3) is 0 Å². The molecule has 36 heavy (non-hydrogen) atoms. The molecule has 0 saturated carbocycles. The minimum atomic E-state index is -1.71. The lowest BCUT2D eigenvalue weighted by Gasteiger charge is -2.47. The van der Waals surface area contributed by atoms with Crippen molar-refractivity contribution in [3.8, 4) is 0 Å². The first-order valence-electron chi connectivity index (χ1n) is 12.1. The number of ether oxygens (including phenoxy) is 6. The van der Waals surface area contributed by atoms with Crippen molar-refractivity contribution in [2.24, 2.45) is 5.92 Å². The predicted molar refractivity (Wildman–Crippen MR) is 117 cm³/mol. The third-order valence-electron chi connectivity index (χ3n) is 6.99. The molecule has 14 heteroatoms. The van der Waals surface area contributed by atoms with Crippen molar-refractivity contribution in [1.82, 2.24) is 0 Å². The number of aliphatic hydroxyl groups is 8. The summed E-state index contributed by atoms with van der Waals surface area (Å²) in [7, 11) is 1.40. The van der Waals surface area contributed by atoms with Gasteiger partial charge in [0.15, 0.2) is 12.6 Å². The first kappa shape index (κ1) is 30.0. The van der Waals surface area contributed by atoms with Crippen molar-refractivity contribution in [3.05, 3.63) is 0 Å². The van der Waals surface area contributed by atoms with Gasteiger partial charge in [-0.1, -0.05) is 13.8 Å². The second kappa shape index (κ2) is 12.5. The van der Waals surface area contributed by atoms with E-state index < -0.39 is 105 Å². The smallest absolute Gasteiger partial charge is 0.187 e. The molecule has 3 saturated heterocycles. The number of aliphatic hydroxyl groups excluding tert-OH is 8. The third kappa shape index (κ3) is 6.02. The number of hydrogen-bond donors (Lipinski definition) is 8. The molecule has 0 radical (unpaired) electrons. The fraction of sp³-hybridized carbons (Fsp3) is 1.00. The van der Waals surface area contributed by atoms with Crippen LogP contribution in [0, 0.1) is 5.92 Å². The van der Waals surface area contributed by atoms with Crippen molar-refractivity contribution in [3.63, 3.8) is 0 Å². The van der Waals surface area contributed by atoms with Crippen molar-refractivity contribution >= 4 is 0 Å². The van der Waals surface area contributed by atoms with Gasteiger partial charge in [-0.05, 0) is 12.8 Å². The van der Waals surface area contributed by atoms with Crippen LogP contribution in [0.4, 0.5) is 0 Å². The molecular formula is C22H40O14. The van der Waals surface area contributed by atoms with Crippen LogP contribution in [0.15, 0.2) is 0 Å². The van der Waals surface area contributed by atoms with Crippen LogP contribution in [0.5, 0.6) is 0 Å². The van der Waals surface area contributed by atoms with Gasteiger partial charge in [-0.3, -0.25) is 0 Å². The van der Waals surface area contributed by atoms with Crippen LogP contribution >= 0.6 is 0 Å². The van der Waals surface area contributed by atoms with E-state index in [-0.39, 0.29) is 5.92 Å². The Labute approximate surface area is 208 Å². The summed E-state index contributed by atoms with van der Waals surface area (Å²) in [5.41, 5.74) is 0. The minimum absolute atomic E-state index is 0.0153. The molecule has 212 valence electrons. The average molecular weight is 529 g/mol. The van der Waals surface area contributed by atoms with Gasteiger partial charge in [-0.15, -0.1) is 0 Å². The van der Waals surface area contributed by atoms with Gasteiger partial charge in [0.1, 0.15) is 67.1 Å². The van der Waals surface area contributed by atoms with Gasteiger partial charge in [-0.2, -0.15) is 0 Å². The minimum Gasteiger partial charge on any atom is -0.394 e. The zero-order chi connectivity index (χ0) is 26.9. The fourth-order valence-electron chi connectivity index (χ4n) is 4.78. The first-order valence-corrected chi connectivity index (χ1v) is 12.1. The van der Waals surface area contributed by atoms with E-state index >= 15 is 0 Å². The number of hydrogen-bond acceptors (Lipinski definition) is 14. The molecule has 3 aliphatic heterocycles.